The molecule has 0 aliphatic rings. The van der Waals surface area contributed by atoms with E-state index in [1.807, 2.05) is 18.2 Å². The van der Waals surface area contributed by atoms with Crippen LogP contribution in [-0.2, 0) is 13.0 Å². The highest BCUT2D eigenvalue weighted by Crippen LogP contribution is 2.21. The molecule has 2 N–H and O–H groups in total. The molecule has 18 heavy (non-hydrogen) atoms. The first-order valence-corrected chi connectivity index (χ1v) is 6.57. The zero-order valence-corrected chi connectivity index (χ0v) is 10.8. The Hall–Kier alpha value is -1.88. The molecule has 0 unspecified atom stereocenters. The highest BCUT2D eigenvalue weighted by molar-refractivity contribution is 7.14. The van der Waals surface area contributed by atoms with Gasteiger partial charge >= 0.3 is 5.97 Å². The molecule has 4 nitrogen and oxygen atoms in total. The Morgan fingerprint density at radius 1 is 1.39 bits per heavy atom. The molecule has 1 heterocycles. The van der Waals surface area contributed by atoms with Crippen molar-refractivity contribution in [3.05, 3.63) is 46.6 Å². The summed E-state index contributed by atoms with van der Waals surface area (Å²) >= 11 is 1.31. The molecule has 0 amide bonds. The topological polar surface area (TPSA) is 62.2 Å². The lowest BCUT2D eigenvalue weighted by Crippen LogP contribution is -2.06. The largest absolute Gasteiger partial charge is 0.476 e. The summed E-state index contributed by atoms with van der Waals surface area (Å²) < 4.78 is 0. The molecule has 0 radical (unpaired) electrons. The van der Waals surface area contributed by atoms with E-state index in [4.69, 9.17) is 5.11 Å². The third-order valence-electron chi connectivity index (χ3n) is 2.71. The van der Waals surface area contributed by atoms with E-state index in [2.05, 4.69) is 23.3 Å². The van der Waals surface area contributed by atoms with E-state index in [9.17, 15) is 4.79 Å². The van der Waals surface area contributed by atoms with Gasteiger partial charge in [-0.05, 0) is 17.5 Å². The SMILES string of the molecule is CCc1ccccc1CNc1scnc1C(=O)O. The zero-order chi connectivity index (χ0) is 13.0. The van der Waals surface area contributed by atoms with Crippen molar-refractivity contribution in [2.75, 3.05) is 5.32 Å². The Labute approximate surface area is 109 Å². The number of nitrogens with zero attached hydrogens (tertiary/aromatic N) is 1. The lowest BCUT2D eigenvalue weighted by Gasteiger charge is -2.09. The van der Waals surface area contributed by atoms with Crippen LogP contribution in [0.5, 0.6) is 0 Å². The van der Waals surface area contributed by atoms with Crippen LogP contribution in [0.3, 0.4) is 0 Å². The van der Waals surface area contributed by atoms with E-state index < -0.39 is 5.97 Å². The number of hydrogen-bond donors (Lipinski definition) is 2. The van der Waals surface area contributed by atoms with E-state index in [-0.39, 0.29) is 5.69 Å². The molecule has 2 aromatic rings. The first kappa shape index (κ1) is 12.6. The van der Waals surface area contributed by atoms with Gasteiger partial charge < -0.3 is 10.4 Å². The maximum absolute atomic E-state index is 10.9. The van der Waals surface area contributed by atoms with Gasteiger partial charge in [0.1, 0.15) is 5.00 Å². The number of nitrogens with one attached hydrogen (secondary N) is 1. The normalized spacial score (nSPS) is 10.3. The highest BCUT2D eigenvalue weighted by atomic mass is 32.1. The minimum absolute atomic E-state index is 0.0916. The van der Waals surface area contributed by atoms with Gasteiger partial charge in [0.15, 0.2) is 5.69 Å². The first-order chi connectivity index (χ1) is 8.72. The lowest BCUT2D eigenvalue weighted by molar-refractivity contribution is 0.0692. The summed E-state index contributed by atoms with van der Waals surface area (Å²) in [5.74, 6) is -0.998. The monoisotopic (exact) mass is 262 g/mol. The second kappa shape index (κ2) is 5.64. The summed E-state index contributed by atoms with van der Waals surface area (Å²) in [6, 6.07) is 8.13. The minimum atomic E-state index is -0.998. The zero-order valence-electron chi connectivity index (χ0n) is 10.0. The standard InChI is InChI=1S/C13H14N2O2S/c1-2-9-5-3-4-6-10(9)7-14-12-11(13(16)17)15-8-18-12/h3-6,8,14H,2,7H2,1H3,(H,16,17). The van der Waals surface area contributed by atoms with E-state index >= 15 is 0 Å². The second-order valence-electron chi connectivity index (χ2n) is 3.81. The van der Waals surface area contributed by atoms with Gasteiger partial charge in [-0.2, -0.15) is 0 Å². The van der Waals surface area contributed by atoms with Crippen LogP contribution in [0.25, 0.3) is 0 Å². The smallest absolute Gasteiger partial charge is 0.357 e. The molecule has 0 atom stereocenters. The summed E-state index contributed by atoms with van der Waals surface area (Å²) in [6.45, 7) is 2.72. The quantitative estimate of drug-likeness (QED) is 0.869. The Morgan fingerprint density at radius 3 is 2.78 bits per heavy atom. The van der Waals surface area contributed by atoms with E-state index in [1.54, 1.807) is 0 Å². The van der Waals surface area contributed by atoms with Crippen LogP contribution in [0.15, 0.2) is 29.8 Å². The summed E-state index contributed by atoms with van der Waals surface area (Å²) in [5, 5.41) is 12.7. The Bertz CT molecular complexity index is 551. The average Bonchev–Trinajstić information content (AvgIpc) is 2.85. The number of rotatable bonds is 5. The fraction of sp³-hybridized carbons (Fsp3) is 0.231. The maximum atomic E-state index is 10.9. The summed E-state index contributed by atoms with van der Waals surface area (Å²) in [7, 11) is 0. The number of thiazole rings is 1. The van der Waals surface area contributed by atoms with Crippen molar-refractivity contribution in [1.82, 2.24) is 4.98 Å². The number of hydrogen-bond acceptors (Lipinski definition) is 4. The molecule has 0 aliphatic carbocycles. The fourth-order valence-electron chi connectivity index (χ4n) is 1.77. The van der Waals surface area contributed by atoms with Crippen LogP contribution >= 0.6 is 11.3 Å². The first-order valence-electron chi connectivity index (χ1n) is 5.69. The van der Waals surface area contributed by atoms with Crippen molar-refractivity contribution in [2.24, 2.45) is 0 Å². The van der Waals surface area contributed by atoms with E-state index in [0.29, 0.717) is 11.5 Å². The molecule has 0 bridgehead atoms. The van der Waals surface area contributed by atoms with Crippen molar-refractivity contribution in [3.63, 3.8) is 0 Å². The third kappa shape index (κ3) is 2.68. The molecule has 5 heteroatoms. The van der Waals surface area contributed by atoms with Gasteiger partial charge in [-0.25, -0.2) is 9.78 Å². The van der Waals surface area contributed by atoms with Gasteiger partial charge in [-0.1, -0.05) is 31.2 Å². The summed E-state index contributed by atoms with van der Waals surface area (Å²) in [4.78, 5) is 14.7. The highest BCUT2D eigenvalue weighted by Gasteiger charge is 2.13. The number of carboxylic acid groups (broad SMARTS) is 1. The van der Waals surface area contributed by atoms with Gasteiger partial charge in [-0.15, -0.1) is 11.3 Å². The molecule has 2 rings (SSSR count). The number of anilines is 1. The van der Waals surface area contributed by atoms with Crippen LogP contribution in [0, 0.1) is 0 Å². The number of carboxylic acids is 1. The maximum Gasteiger partial charge on any atom is 0.357 e. The number of benzene rings is 1. The number of carbonyl (C=O) groups is 1. The molecule has 0 fully saturated rings. The number of aryl methyl sites for hydroxylation is 1. The number of aromatic carboxylic acids is 1. The van der Waals surface area contributed by atoms with Crippen molar-refractivity contribution < 1.29 is 9.90 Å². The van der Waals surface area contributed by atoms with Crippen LogP contribution < -0.4 is 5.32 Å². The lowest BCUT2D eigenvalue weighted by atomic mass is 10.1. The minimum Gasteiger partial charge on any atom is -0.476 e. The molecule has 0 saturated heterocycles. The van der Waals surface area contributed by atoms with Gasteiger partial charge in [-0.3, -0.25) is 0 Å². The van der Waals surface area contributed by atoms with E-state index in [0.717, 1.165) is 6.42 Å². The van der Waals surface area contributed by atoms with Gasteiger partial charge in [0.05, 0.1) is 5.51 Å². The molecule has 0 aliphatic heterocycles. The summed E-state index contributed by atoms with van der Waals surface area (Å²) in [6.07, 6.45) is 0.965. The van der Waals surface area contributed by atoms with Crippen LogP contribution in [-0.4, -0.2) is 16.1 Å². The van der Waals surface area contributed by atoms with Gasteiger partial charge in [0, 0.05) is 6.54 Å². The van der Waals surface area contributed by atoms with Gasteiger partial charge in [0.2, 0.25) is 0 Å². The van der Waals surface area contributed by atoms with Crippen molar-refractivity contribution in [3.8, 4) is 0 Å². The van der Waals surface area contributed by atoms with Crippen molar-refractivity contribution >= 4 is 22.3 Å². The molecule has 0 saturated carbocycles. The Balaban J connectivity index is 2.11. The fourth-order valence-corrected chi connectivity index (χ4v) is 2.44. The Kier molecular flexibility index (Phi) is 3.94. The van der Waals surface area contributed by atoms with Crippen LogP contribution in [0.4, 0.5) is 5.00 Å². The van der Waals surface area contributed by atoms with E-state index in [1.165, 1.54) is 28.0 Å². The van der Waals surface area contributed by atoms with Crippen molar-refractivity contribution in [2.45, 2.75) is 19.9 Å². The molecular weight excluding hydrogens is 248 g/mol. The molecule has 0 spiro atoms. The predicted molar refractivity (Wildman–Crippen MR) is 72.2 cm³/mol. The average molecular weight is 262 g/mol. The molecule has 1 aromatic heterocycles. The third-order valence-corrected chi connectivity index (χ3v) is 3.49. The molecule has 94 valence electrons. The van der Waals surface area contributed by atoms with Crippen LogP contribution in [0.1, 0.15) is 28.5 Å². The van der Waals surface area contributed by atoms with Gasteiger partial charge in [0.25, 0.3) is 0 Å². The van der Waals surface area contributed by atoms with Crippen LogP contribution in [0.2, 0.25) is 0 Å². The van der Waals surface area contributed by atoms with Crippen molar-refractivity contribution in [1.29, 1.82) is 0 Å². The molecular formula is C13H14N2O2S. The number of aromatic nitrogens is 1. The second-order valence-corrected chi connectivity index (χ2v) is 4.67. The molecule has 1 aromatic carbocycles. The Morgan fingerprint density at radius 2 is 2.11 bits per heavy atom. The predicted octanol–water partition coefficient (Wildman–Crippen LogP) is 3.02. The summed E-state index contributed by atoms with van der Waals surface area (Å²) in [5.41, 5.74) is 4.09.